The fraction of sp³-hybridized carbons (Fsp3) is 0.263. The van der Waals surface area contributed by atoms with Crippen LogP contribution in [0.2, 0.25) is 0 Å². The van der Waals surface area contributed by atoms with Crippen molar-refractivity contribution in [3.63, 3.8) is 0 Å². The molecule has 0 heterocycles. The smallest absolute Gasteiger partial charge is 0.342 e. The van der Waals surface area contributed by atoms with Crippen molar-refractivity contribution in [3.8, 4) is 11.5 Å². The van der Waals surface area contributed by atoms with Crippen molar-refractivity contribution in [2.24, 2.45) is 0 Å². The highest BCUT2D eigenvalue weighted by molar-refractivity contribution is 6.02. The summed E-state index contributed by atoms with van der Waals surface area (Å²) in [5.74, 6) is -0.520. The van der Waals surface area contributed by atoms with Crippen LogP contribution in [0.5, 0.6) is 11.5 Å². The first kappa shape index (κ1) is 17.5. The molecule has 0 bridgehead atoms. The van der Waals surface area contributed by atoms with E-state index in [2.05, 4.69) is 0 Å². The molecule has 0 aliphatic heterocycles. The van der Waals surface area contributed by atoms with Crippen molar-refractivity contribution in [1.29, 1.82) is 0 Å². The van der Waals surface area contributed by atoms with Gasteiger partial charge in [-0.2, -0.15) is 0 Å². The molecule has 1 N–H and O–H groups in total. The summed E-state index contributed by atoms with van der Waals surface area (Å²) in [6, 6.07) is 11.4. The number of ketones is 1. The summed E-state index contributed by atoms with van der Waals surface area (Å²) in [5.41, 5.74) is 1.03. The number of ether oxygens (including phenoxy) is 2. The third-order valence-corrected chi connectivity index (χ3v) is 3.56. The van der Waals surface area contributed by atoms with Gasteiger partial charge in [-0.25, -0.2) is 4.79 Å². The van der Waals surface area contributed by atoms with Crippen molar-refractivity contribution in [3.05, 3.63) is 59.2 Å². The van der Waals surface area contributed by atoms with Crippen LogP contribution in [0.3, 0.4) is 0 Å². The summed E-state index contributed by atoms with van der Waals surface area (Å²) in [7, 11) is 0. The molecule has 5 nitrogen and oxygen atoms in total. The minimum Gasteiger partial charge on any atom is -0.507 e. The zero-order chi connectivity index (χ0) is 17.7. The number of carbonyl (C=O) groups is 2. The number of phenolic OH excluding ortho intramolecular Hbond substituents is 1. The summed E-state index contributed by atoms with van der Waals surface area (Å²) in [4.78, 5) is 24.5. The number of benzene rings is 2. The lowest BCUT2D eigenvalue weighted by molar-refractivity contribution is 0.0316. The minimum atomic E-state index is -0.963. The van der Waals surface area contributed by atoms with Gasteiger partial charge < -0.3 is 14.6 Å². The molecule has 5 heteroatoms. The Balaban J connectivity index is 2.08. The molecular weight excluding hydrogens is 308 g/mol. The molecule has 1 atom stereocenters. The lowest BCUT2D eigenvalue weighted by Crippen LogP contribution is -2.24. The Morgan fingerprint density at radius 3 is 2.42 bits per heavy atom. The number of phenols is 1. The summed E-state index contributed by atoms with van der Waals surface area (Å²) >= 11 is 0. The van der Waals surface area contributed by atoms with Gasteiger partial charge in [0.25, 0.3) is 0 Å². The van der Waals surface area contributed by atoms with Gasteiger partial charge in [0.15, 0.2) is 6.10 Å². The SMILES string of the molecule is CCOc1ccc(C(=O)C(C)OC(=O)c2cccc(C)c2O)cc1. The Morgan fingerprint density at radius 1 is 1.12 bits per heavy atom. The monoisotopic (exact) mass is 328 g/mol. The number of rotatable bonds is 6. The second-order valence-corrected chi connectivity index (χ2v) is 5.34. The molecule has 0 spiro atoms. The second kappa shape index (κ2) is 7.64. The summed E-state index contributed by atoms with van der Waals surface area (Å²) in [6.07, 6.45) is -0.963. The third kappa shape index (κ3) is 3.93. The van der Waals surface area contributed by atoms with E-state index in [0.717, 1.165) is 0 Å². The van der Waals surface area contributed by atoms with E-state index in [0.29, 0.717) is 23.5 Å². The maximum atomic E-state index is 12.4. The van der Waals surface area contributed by atoms with E-state index in [1.165, 1.54) is 13.0 Å². The molecule has 0 aromatic heterocycles. The van der Waals surface area contributed by atoms with Crippen LogP contribution < -0.4 is 4.74 Å². The quantitative estimate of drug-likeness (QED) is 0.649. The summed E-state index contributed by atoms with van der Waals surface area (Å²) in [6.45, 7) is 5.60. The minimum absolute atomic E-state index is 0.0429. The van der Waals surface area contributed by atoms with Gasteiger partial charge in [0.1, 0.15) is 17.1 Å². The third-order valence-electron chi connectivity index (χ3n) is 3.56. The number of aromatic hydroxyl groups is 1. The number of hydrogen-bond acceptors (Lipinski definition) is 5. The first-order valence-corrected chi connectivity index (χ1v) is 7.70. The van der Waals surface area contributed by atoms with Crippen LogP contribution in [0.15, 0.2) is 42.5 Å². The van der Waals surface area contributed by atoms with E-state index in [4.69, 9.17) is 9.47 Å². The Kier molecular flexibility index (Phi) is 5.58. The van der Waals surface area contributed by atoms with E-state index in [1.54, 1.807) is 43.3 Å². The molecule has 0 radical (unpaired) electrons. The van der Waals surface area contributed by atoms with Crippen LogP contribution in [0, 0.1) is 6.92 Å². The van der Waals surface area contributed by atoms with Crippen molar-refractivity contribution in [2.75, 3.05) is 6.61 Å². The second-order valence-electron chi connectivity index (χ2n) is 5.34. The molecule has 1 unspecified atom stereocenters. The molecule has 24 heavy (non-hydrogen) atoms. The Morgan fingerprint density at radius 2 is 1.79 bits per heavy atom. The fourth-order valence-corrected chi connectivity index (χ4v) is 2.22. The lowest BCUT2D eigenvalue weighted by atomic mass is 10.1. The predicted octanol–water partition coefficient (Wildman–Crippen LogP) is 3.53. The van der Waals surface area contributed by atoms with Gasteiger partial charge >= 0.3 is 5.97 Å². The van der Waals surface area contributed by atoms with E-state index in [9.17, 15) is 14.7 Å². The van der Waals surface area contributed by atoms with Crippen LogP contribution in [0.1, 0.15) is 40.1 Å². The van der Waals surface area contributed by atoms with Gasteiger partial charge in [-0.3, -0.25) is 4.79 Å². The van der Waals surface area contributed by atoms with Crippen LogP contribution >= 0.6 is 0 Å². The van der Waals surface area contributed by atoms with E-state index in [1.807, 2.05) is 6.92 Å². The predicted molar refractivity (Wildman–Crippen MR) is 89.7 cm³/mol. The number of hydrogen-bond donors (Lipinski definition) is 1. The largest absolute Gasteiger partial charge is 0.507 e. The zero-order valence-corrected chi connectivity index (χ0v) is 13.9. The van der Waals surface area contributed by atoms with E-state index in [-0.39, 0.29) is 17.1 Å². The van der Waals surface area contributed by atoms with Gasteiger partial charge in [0, 0.05) is 5.56 Å². The summed E-state index contributed by atoms with van der Waals surface area (Å²) < 4.78 is 10.5. The van der Waals surface area contributed by atoms with Gasteiger partial charge in [-0.15, -0.1) is 0 Å². The van der Waals surface area contributed by atoms with Gasteiger partial charge in [0.2, 0.25) is 5.78 Å². The molecule has 2 aromatic rings. The number of Topliss-reactive ketones (excluding diaryl/α,β-unsaturated/α-hetero) is 1. The standard InChI is InChI=1S/C19H20O5/c1-4-23-15-10-8-14(9-11-15)18(21)13(3)24-19(22)16-7-5-6-12(2)17(16)20/h5-11,13,20H,4H2,1-3H3. The van der Waals surface area contributed by atoms with Crippen molar-refractivity contribution >= 4 is 11.8 Å². The maximum absolute atomic E-state index is 12.4. The van der Waals surface area contributed by atoms with E-state index >= 15 is 0 Å². The highest BCUT2D eigenvalue weighted by Gasteiger charge is 2.22. The van der Waals surface area contributed by atoms with Gasteiger partial charge in [0.05, 0.1) is 6.61 Å². The summed E-state index contributed by atoms with van der Waals surface area (Å²) in [5, 5.41) is 9.92. The zero-order valence-electron chi connectivity index (χ0n) is 13.9. The maximum Gasteiger partial charge on any atom is 0.342 e. The van der Waals surface area contributed by atoms with Crippen LogP contribution in [0.4, 0.5) is 0 Å². The molecule has 2 rings (SSSR count). The highest BCUT2D eigenvalue weighted by atomic mass is 16.5. The Labute approximate surface area is 140 Å². The number of esters is 1. The van der Waals surface area contributed by atoms with Crippen LogP contribution in [0.25, 0.3) is 0 Å². The molecule has 0 saturated carbocycles. The number of carbonyl (C=O) groups excluding carboxylic acids is 2. The fourth-order valence-electron chi connectivity index (χ4n) is 2.22. The topological polar surface area (TPSA) is 72.8 Å². The normalized spacial score (nSPS) is 11.6. The first-order chi connectivity index (χ1) is 11.4. The Bertz CT molecular complexity index is 734. The van der Waals surface area contributed by atoms with E-state index < -0.39 is 12.1 Å². The van der Waals surface area contributed by atoms with Crippen molar-refractivity contribution in [2.45, 2.75) is 26.9 Å². The molecule has 2 aromatic carbocycles. The number of aryl methyl sites for hydroxylation is 1. The molecule has 126 valence electrons. The molecule has 0 amide bonds. The van der Waals surface area contributed by atoms with Gasteiger partial charge in [-0.05, 0) is 56.7 Å². The van der Waals surface area contributed by atoms with Crippen molar-refractivity contribution in [1.82, 2.24) is 0 Å². The molecule has 0 aliphatic carbocycles. The lowest BCUT2D eigenvalue weighted by Gasteiger charge is -2.14. The first-order valence-electron chi connectivity index (χ1n) is 7.70. The highest BCUT2D eigenvalue weighted by Crippen LogP contribution is 2.23. The Hall–Kier alpha value is -2.82. The molecule has 0 fully saturated rings. The number of para-hydroxylation sites is 1. The average molecular weight is 328 g/mol. The van der Waals surface area contributed by atoms with Crippen LogP contribution in [-0.2, 0) is 4.74 Å². The van der Waals surface area contributed by atoms with Crippen LogP contribution in [-0.4, -0.2) is 29.6 Å². The van der Waals surface area contributed by atoms with Gasteiger partial charge in [-0.1, -0.05) is 12.1 Å². The average Bonchev–Trinajstić information content (AvgIpc) is 2.57. The molecule has 0 saturated heterocycles. The molecular formula is C19H20O5. The molecule has 0 aliphatic rings. The van der Waals surface area contributed by atoms with Crippen molar-refractivity contribution < 1.29 is 24.2 Å².